The highest BCUT2D eigenvalue weighted by Crippen LogP contribution is 2.67. The van der Waals surface area contributed by atoms with Crippen LogP contribution in [0.5, 0.6) is 0 Å². The van der Waals surface area contributed by atoms with Gasteiger partial charge in [0.1, 0.15) is 6.10 Å². The van der Waals surface area contributed by atoms with E-state index in [2.05, 4.69) is 47.6 Å². The first-order valence-electron chi connectivity index (χ1n) is 13.9. The van der Waals surface area contributed by atoms with Gasteiger partial charge in [-0.05, 0) is 104 Å². The summed E-state index contributed by atoms with van der Waals surface area (Å²) in [5, 5.41) is 0. The second-order valence-electron chi connectivity index (χ2n) is 13.3. The van der Waals surface area contributed by atoms with Crippen LogP contribution in [0, 0.1) is 52.3 Å². The first kappa shape index (κ1) is 24.3. The molecule has 0 N–H and O–H groups in total. The molecule has 32 heavy (non-hydrogen) atoms. The van der Waals surface area contributed by atoms with Gasteiger partial charge in [0, 0.05) is 6.92 Å². The molecule has 0 amide bonds. The Hall–Kier alpha value is -0.790. The van der Waals surface area contributed by atoms with Gasteiger partial charge < -0.3 is 4.74 Å². The fourth-order valence-electron chi connectivity index (χ4n) is 8.85. The molecule has 0 radical (unpaired) electrons. The zero-order valence-corrected chi connectivity index (χ0v) is 22.1. The smallest absolute Gasteiger partial charge is 0.302 e. The number of ether oxygens (including phenoxy) is 1. The highest BCUT2D eigenvalue weighted by molar-refractivity contribution is 5.66. The lowest BCUT2D eigenvalue weighted by atomic mass is 9.47. The van der Waals surface area contributed by atoms with Gasteiger partial charge >= 0.3 is 5.97 Å². The van der Waals surface area contributed by atoms with E-state index in [1.54, 1.807) is 6.92 Å². The second-order valence-corrected chi connectivity index (χ2v) is 13.3. The van der Waals surface area contributed by atoms with Crippen LogP contribution in [0.4, 0.5) is 0 Å². The van der Waals surface area contributed by atoms with Gasteiger partial charge in [-0.15, -0.1) is 0 Å². The van der Waals surface area contributed by atoms with Crippen LogP contribution in [-0.2, 0) is 9.53 Å². The van der Waals surface area contributed by atoms with Crippen LogP contribution in [0.1, 0.15) is 113 Å². The number of hydrogen-bond donors (Lipinski definition) is 0. The summed E-state index contributed by atoms with van der Waals surface area (Å²) in [5.74, 6) is 5.58. The summed E-state index contributed by atoms with van der Waals surface area (Å²) in [6, 6.07) is 0. The van der Waals surface area contributed by atoms with Crippen LogP contribution >= 0.6 is 0 Å². The van der Waals surface area contributed by atoms with E-state index >= 15 is 0 Å². The quantitative estimate of drug-likeness (QED) is 0.306. The van der Waals surface area contributed by atoms with Crippen molar-refractivity contribution in [2.75, 3.05) is 0 Å². The van der Waals surface area contributed by atoms with Crippen LogP contribution in [0.3, 0.4) is 0 Å². The van der Waals surface area contributed by atoms with Gasteiger partial charge in [-0.25, -0.2) is 0 Å². The predicted octanol–water partition coefficient (Wildman–Crippen LogP) is 8.21. The van der Waals surface area contributed by atoms with Crippen molar-refractivity contribution in [2.24, 2.45) is 52.3 Å². The lowest BCUT2D eigenvalue weighted by Crippen LogP contribution is -2.50. The van der Waals surface area contributed by atoms with Gasteiger partial charge in [-0.3, -0.25) is 4.79 Å². The lowest BCUT2D eigenvalue weighted by Gasteiger charge is -2.58. The van der Waals surface area contributed by atoms with Crippen molar-refractivity contribution in [2.45, 2.75) is 119 Å². The summed E-state index contributed by atoms with van der Waals surface area (Å²) < 4.78 is 5.64. The molecule has 2 nitrogen and oxygen atoms in total. The monoisotopic (exact) mass is 442 g/mol. The van der Waals surface area contributed by atoms with E-state index in [-0.39, 0.29) is 12.1 Å². The van der Waals surface area contributed by atoms with Gasteiger partial charge in [-0.1, -0.05) is 66.0 Å². The molecule has 3 fully saturated rings. The first-order chi connectivity index (χ1) is 15.1. The summed E-state index contributed by atoms with van der Waals surface area (Å²) in [6.45, 7) is 16.6. The van der Waals surface area contributed by atoms with Crippen LogP contribution < -0.4 is 0 Å². The maximum Gasteiger partial charge on any atom is 0.302 e. The largest absolute Gasteiger partial charge is 0.463 e. The third-order valence-corrected chi connectivity index (χ3v) is 11.3. The molecule has 0 aromatic carbocycles. The third-order valence-electron chi connectivity index (χ3n) is 11.3. The molecule has 4 rings (SSSR count). The van der Waals surface area contributed by atoms with E-state index in [1.165, 1.54) is 51.4 Å². The van der Waals surface area contributed by atoms with Crippen LogP contribution in [0.2, 0.25) is 0 Å². The Bertz CT molecular complexity index is 722. The second kappa shape index (κ2) is 9.10. The Morgan fingerprint density at radius 1 is 1.00 bits per heavy atom. The Balaban J connectivity index is 1.47. The standard InChI is InChI=1S/C30H50O2/c1-19(2)20(3)8-9-21(4)26-12-13-27-25-11-10-23-18-24(32-22(5)31)14-16-29(23,6)28(25)15-17-30(26,27)7/h11,19-21,23-24,26-28H,8-10,12-18H2,1-7H3/t20-,21-,23+,24-,26+,27-,28-,29+,30+/m1/s1. The van der Waals surface area contributed by atoms with Crippen molar-refractivity contribution >= 4 is 5.97 Å². The molecule has 182 valence electrons. The van der Waals surface area contributed by atoms with Crippen molar-refractivity contribution in [3.8, 4) is 0 Å². The number of rotatable bonds is 6. The van der Waals surface area contributed by atoms with Crippen LogP contribution in [0.25, 0.3) is 0 Å². The summed E-state index contributed by atoms with van der Waals surface area (Å²) >= 11 is 0. The van der Waals surface area contributed by atoms with E-state index < -0.39 is 0 Å². The molecular weight excluding hydrogens is 392 g/mol. The van der Waals surface area contributed by atoms with Crippen molar-refractivity contribution in [1.29, 1.82) is 0 Å². The topological polar surface area (TPSA) is 26.3 Å². The number of carbonyl (C=O) groups is 1. The number of hydrogen-bond acceptors (Lipinski definition) is 2. The van der Waals surface area contributed by atoms with Gasteiger partial charge in [0.15, 0.2) is 0 Å². The molecule has 0 aromatic rings. The van der Waals surface area contributed by atoms with Gasteiger partial charge in [0.05, 0.1) is 0 Å². The third kappa shape index (κ3) is 4.22. The molecule has 3 saturated carbocycles. The van der Waals surface area contributed by atoms with Crippen molar-refractivity contribution < 1.29 is 9.53 Å². The van der Waals surface area contributed by atoms with E-state index in [9.17, 15) is 4.79 Å². The molecule has 0 bridgehead atoms. The maximum atomic E-state index is 11.5. The first-order valence-corrected chi connectivity index (χ1v) is 13.9. The van der Waals surface area contributed by atoms with Crippen molar-refractivity contribution in [1.82, 2.24) is 0 Å². The molecule has 0 saturated heterocycles. The summed E-state index contributed by atoms with van der Waals surface area (Å²) in [4.78, 5) is 11.5. The molecule has 4 aliphatic rings. The number of carbonyl (C=O) groups excluding carboxylic acids is 1. The van der Waals surface area contributed by atoms with E-state index in [4.69, 9.17) is 4.74 Å². The minimum atomic E-state index is -0.104. The Labute approximate surface area is 198 Å². The summed E-state index contributed by atoms with van der Waals surface area (Å²) in [6.07, 6.45) is 15.9. The molecule has 0 heterocycles. The number of allylic oxidation sites excluding steroid dienone is 2. The molecular formula is C30H50O2. The molecule has 9 atom stereocenters. The minimum absolute atomic E-state index is 0.104. The van der Waals surface area contributed by atoms with Crippen LogP contribution in [0.15, 0.2) is 11.6 Å². The SMILES string of the molecule is CC(=O)O[C@@H]1CC[C@@]2(C)[C@@H](CC=C3[C@H]2CC[C@]2(C)[C@@H]3CC[C@H]2[C@H](C)CC[C@@H](C)C(C)C)C1. The number of esters is 1. The van der Waals surface area contributed by atoms with Gasteiger partial charge in [-0.2, -0.15) is 0 Å². The Morgan fingerprint density at radius 2 is 1.69 bits per heavy atom. The predicted molar refractivity (Wildman–Crippen MR) is 133 cm³/mol. The highest BCUT2D eigenvalue weighted by Gasteiger charge is 2.58. The average Bonchev–Trinajstić information content (AvgIpc) is 3.08. The molecule has 0 unspecified atom stereocenters. The van der Waals surface area contributed by atoms with Gasteiger partial charge in [0.2, 0.25) is 0 Å². The minimum Gasteiger partial charge on any atom is -0.463 e. The van der Waals surface area contributed by atoms with E-state index in [0.717, 1.165) is 48.3 Å². The fourth-order valence-corrected chi connectivity index (χ4v) is 8.85. The molecule has 0 spiro atoms. The summed E-state index contributed by atoms with van der Waals surface area (Å²) in [7, 11) is 0. The average molecular weight is 443 g/mol. The summed E-state index contributed by atoms with van der Waals surface area (Å²) in [5.41, 5.74) is 2.79. The van der Waals surface area contributed by atoms with Gasteiger partial charge in [0.25, 0.3) is 0 Å². The lowest BCUT2D eigenvalue weighted by molar-refractivity contribution is -0.152. The molecule has 2 heteroatoms. The van der Waals surface area contributed by atoms with E-state index in [1.807, 2.05) is 5.57 Å². The zero-order chi connectivity index (χ0) is 23.3. The fraction of sp³-hybridized carbons (Fsp3) is 0.900. The molecule has 4 aliphatic carbocycles. The Kier molecular flexibility index (Phi) is 6.92. The van der Waals surface area contributed by atoms with Crippen molar-refractivity contribution in [3.05, 3.63) is 11.6 Å². The van der Waals surface area contributed by atoms with Crippen LogP contribution in [-0.4, -0.2) is 12.1 Å². The zero-order valence-electron chi connectivity index (χ0n) is 22.1. The van der Waals surface area contributed by atoms with E-state index in [0.29, 0.717) is 16.7 Å². The highest BCUT2D eigenvalue weighted by atomic mass is 16.5. The van der Waals surface area contributed by atoms with Crippen molar-refractivity contribution in [3.63, 3.8) is 0 Å². The Morgan fingerprint density at radius 3 is 2.38 bits per heavy atom. The molecule has 0 aliphatic heterocycles. The number of fused-ring (bicyclic) bond motifs is 5. The normalized spacial score (nSPS) is 43.0. The molecule has 0 aromatic heterocycles. The maximum absolute atomic E-state index is 11.5.